The first-order chi connectivity index (χ1) is 18.2. The van der Waals surface area contributed by atoms with Gasteiger partial charge in [0.25, 0.3) is 10.0 Å². The number of anilines is 2. The summed E-state index contributed by atoms with van der Waals surface area (Å²) in [6.45, 7) is 3.51. The van der Waals surface area contributed by atoms with Crippen molar-refractivity contribution in [3.63, 3.8) is 0 Å². The molecule has 0 aliphatic heterocycles. The summed E-state index contributed by atoms with van der Waals surface area (Å²) in [6.07, 6.45) is 0.474. The molecule has 2 aromatic carbocycles. The van der Waals surface area contributed by atoms with E-state index in [4.69, 9.17) is 16.1 Å². The molecule has 4 aromatic rings. The second-order valence-corrected chi connectivity index (χ2v) is 11.4. The van der Waals surface area contributed by atoms with Crippen molar-refractivity contribution in [2.24, 2.45) is 0 Å². The van der Waals surface area contributed by atoms with Crippen LogP contribution in [0.1, 0.15) is 24.7 Å². The molecule has 0 radical (unpaired) electrons. The molecule has 4 rings (SSSR count). The smallest absolute Gasteiger partial charge is 0.263 e. The molecule has 0 spiro atoms. The lowest BCUT2D eigenvalue weighted by Crippen LogP contribution is -2.25. The predicted octanol–water partition coefficient (Wildman–Crippen LogP) is 5.88. The van der Waals surface area contributed by atoms with Crippen molar-refractivity contribution in [3.8, 4) is 17.3 Å². The van der Waals surface area contributed by atoms with Gasteiger partial charge in [-0.2, -0.15) is 5.26 Å². The van der Waals surface area contributed by atoms with Crippen LogP contribution in [0.4, 0.5) is 11.5 Å². The zero-order valence-electron chi connectivity index (χ0n) is 20.3. The average molecular weight is 568 g/mol. The minimum Gasteiger partial charge on any atom is -0.360 e. The van der Waals surface area contributed by atoms with Crippen molar-refractivity contribution in [2.45, 2.75) is 35.4 Å². The highest BCUT2D eigenvalue weighted by Crippen LogP contribution is 2.31. The second-order valence-electron chi connectivity index (χ2n) is 8.12. The van der Waals surface area contributed by atoms with Gasteiger partial charge in [0.1, 0.15) is 16.9 Å². The summed E-state index contributed by atoms with van der Waals surface area (Å²) < 4.78 is 32.4. The summed E-state index contributed by atoms with van der Waals surface area (Å²) in [7, 11) is -3.88. The van der Waals surface area contributed by atoms with Gasteiger partial charge >= 0.3 is 0 Å². The van der Waals surface area contributed by atoms with Crippen LogP contribution in [0, 0.1) is 18.3 Å². The molecule has 2 aromatic heterocycles. The first kappa shape index (κ1) is 27.2. The summed E-state index contributed by atoms with van der Waals surface area (Å²) in [5.41, 5.74) is 2.28. The molecule has 12 heteroatoms. The number of pyridine rings is 1. The van der Waals surface area contributed by atoms with E-state index in [1.165, 1.54) is 42.1 Å². The molecule has 2 heterocycles. The number of hydrogen-bond donors (Lipinski definition) is 2. The van der Waals surface area contributed by atoms with Crippen molar-refractivity contribution >= 4 is 50.8 Å². The fraction of sp³-hybridized carbons (Fsp3) is 0.154. The maximum atomic E-state index is 13.1. The van der Waals surface area contributed by atoms with Crippen molar-refractivity contribution in [2.75, 3.05) is 10.0 Å². The molecule has 194 valence electrons. The van der Waals surface area contributed by atoms with E-state index in [-0.39, 0.29) is 16.6 Å². The maximum Gasteiger partial charge on any atom is 0.263 e. The number of thioether (sulfide) groups is 1. The number of nitrogens with one attached hydrogen (secondary N) is 2. The Hall–Kier alpha value is -3.85. The molecular weight excluding hydrogens is 546 g/mol. The van der Waals surface area contributed by atoms with Gasteiger partial charge in [0.15, 0.2) is 5.82 Å². The molecule has 0 saturated carbocycles. The summed E-state index contributed by atoms with van der Waals surface area (Å²) in [5.74, 6) is 0.248. The van der Waals surface area contributed by atoms with Crippen LogP contribution in [0.3, 0.4) is 0 Å². The number of aromatic nitrogens is 2. The van der Waals surface area contributed by atoms with Crippen LogP contribution in [0.15, 0.2) is 81.2 Å². The lowest BCUT2D eigenvalue weighted by molar-refractivity contribution is -0.115. The number of nitrogens with zero attached hydrogens (tertiary/aromatic N) is 3. The molecule has 2 N–H and O–H groups in total. The topological polar surface area (TPSA) is 138 Å². The molecule has 0 fully saturated rings. The molecule has 1 amide bonds. The third-order valence-corrected chi connectivity index (χ3v) is 8.33. The molecule has 0 saturated heterocycles. The van der Waals surface area contributed by atoms with Crippen LogP contribution >= 0.6 is 23.4 Å². The van der Waals surface area contributed by atoms with Crippen molar-refractivity contribution < 1.29 is 17.7 Å². The zero-order valence-corrected chi connectivity index (χ0v) is 22.7. The minimum atomic E-state index is -3.88. The van der Waals surface area contributed by atoms with E-state index in [0.717, 1.165) is 5.56 Å². The first-order valence-electron chi connectivity index (χ1n) is 11.4. The van der Waals surface area contributed by atoms with Crippen LogP contribution in [0.25, 0.3) is 11.3 Å². The number of rotatable bonds is 9. The lowest BCUT2D eigenvalue weighted by Gasteiger charge is -2.16. The Labute approximate surface area is 229 Å². The predicted molar refractivity (Wildman–Crippen MR) is 146 cm³/mol. The van der Waals surface area contributed by atoms with Crippen LogP contribution in [0.2, 0.25) is 5.02 Å². The minimum absolute atomic E-state index is 0.000514. The van der Waals surface area contributed by atoms with E-state index in [0.29, 0.717) is 39.2 Å². The van der Waals surface area contributed by atoms with Gasteiger partial charge < -0.3 is 9.84 Å². The number of amides is 1. The molecule has 9 nitrogen and oxygen atoms in total. The number of sulfonamides is 1. The maximum absolute atomic E-state index is 13.1. The summed E-state index contributed by atoms with van der Waals surface area (Å²) in [4.78, 5) is 17.7. The average Bonchev–Trinajstić information content (AvgIpc) is 3.31. The standard InChI is InChI=1S/C26H22ClN5O4S2/c1-3-23(37-26-18(15-28)6-13-22(30-26)17-4-7-19(27)8-5-17)25(33)29-20-9-11-21(12-10-20)38(34,35)32-24-14-16(2)36-31-24/h4-14,23H,3H2,1-2H3,(H,29,33)(H,31,32). The number of benzene rings is 2. The SMILES string of the molecule is CCC(Sc1nc(-c2ccc(Cl)cc2)ccc1C#N)C(=O)Nc1ccc(S(=O)(=O)Nc2cc(C)on2)cc1. The molecule has 38 heavy (non-hydrogen) atoms. The number of hydrogen-bond acceptors (Lipinski definition) is 8. The highest BCUT2D eigenvalue weighted by atomic mass is 35.5. The Morgan fingerprint density at radius 1 is 1.13 bits per heavy atom. The Morgan fingerprint density at radius 3 is 2.45 bits per heavy atom. The number of halogens is 1. The van der Waals surface area contributed by atoms with E-state index in [1.54, 1.807) is 31.2 Å². The van der Waals surface area contributed by atoms with Crippen molar-refractivity contribution in [3.05, 3.63) is 83.1 Å². The van der Waals surface area contributed by atoms with Crippen LogP contribution in [-0.4, -0.2) is 29.7 Å². The number of carbonyl (C=O) groups is 1. The van der Waals surface area contributed by atoms with Gasteiger partial charge in [0.05, 0.1) is 21.4 Å². The normalized spacial score (nSPS) is 11.9. The van der Waals surface area contributed by atoms with Gasteiger partial charge in [0, 0.05) is 22.3 Å². The van der Waals surface area contributed by atoms with E-state index in [9.17, 15) is 18.5 Å². The van der Waals surface area contributed by atoms with Gasteiger partial charge in [-0.3, -0.25) is 9.52 Å². The summed E-state index contributed by atoms with van der Waals surface area (Å²) in [6, 6.07) is 20.0. The Morgan fingerprint density at radius 2 is 1.84 bits per heavy atom. The fourth-order valence-electron chi connectivity index (χ4n) is 3.41. The molecule has 0 aliphatic carbocycles. The largest absolute Gasteiger partial charge is 0.360 e. The van der Waals surface area contributed by atoms with Gasteiger partial charge in [-0.25, -0.2) is 13.4 Å². The Bertz CT molecular complexity index is 1600. The van der Waals surface area contributed by atoms with Crippen LogP contribution < -0.4 is 10.0 Å². The first-order valence-corrected chi connectivity index (χ1v) is 14.1. The van der Waals surface area contributed by atoms with Crippen LogP contribution in [-0.2, 0) is 14.8 Å². The molecular formula is C26H22ClN5O4S2. The van der Waals surface area contributed by atoms with Crippen molar-refractivity contribution in [1.29, 1.82) is 5.26 Å². The van der Waals surface area contributed by atoms with E-state index in [1.807, 2.05) is 19.1 Å². The Kier molecular flexibility index (Phi) is 8.36. The zero-order chi connectivity index (χ0) is 27.3. The van der Waals surface area contributed by atoms with E-state index in [2.05, 4.69) is 26.2 Å². The molecule has 0 bridgehead atoms. The van der Waals surface area contributed by atoms with Gasteiger partial charge in [0.2, 0.25) is 5.91 Å². The third-order valence-electron chi connectivity index (χ3n) is 5.34. The second kappa shape index (κ2) is 11.7. The van der Waals surface area contributed by atoms with Gasteiger partial charge in [-0.05, 0) is 61.9 Å². The number of carbonyl (C=O) groups excluding carboxylic acids is 1. The monoisotopic (exact) mass is 567 g/mol. The quantitative estimate of drug-likeness (QED) is 0.239. The van der Waals surface area contributed by atoms with E-state index < -0.39 is 15.3 Å². The van der Waals surface area contributed by atoms with Crippen LogP contribution in [0.5, 0.6) is 0 Å². The number of nitriles is 1. The molecule has 0 aliphatic rings. The third kappa shape index (κ3) is 6.52. The van der Waals surface area contributed by atoms with E-state index >= 15 is 0 Å². The van der Waals surface area contributed by atoms with Gasteiger partial charge in [-0.15, -0.1) is 0 Å². The highest BCUT2D eigenvalue weighted by molar-refractivity contribution is 8.00. The lowest BCUT2D eigenvalue weighted by atomic mass is 10.1. The van der Waals surface area contributed by atoms with Gasteiger partial charge in [-0.1, -0.05) is 47.6 Å². The fourth-order valence-corrected chi connectivity index (χ4v) is 5.51. The number of aryl methyl sites for hydroxylation is 1. The summed E-state index contributed by atoms with van der Waals surface area (Å²) in [5, 5.41) is 16.5. The molecule has 1 unspecified atom stereocenters. The highest BCUT2D eigenvalue weighted by Gasteiger charge is 2.22. The Balaban J connectivity index is 1.47. The van der Waals surface area contributed by atoms with Crippen molar-refractivity contribution in [1.82, 2.24) is 10.1 Å². The summed E-state index contributed by atoms with van der Waals surface area (Å²) >= 11 is 7.18. The molecule has 1 atom stereocenters.